The maximum Gasteiger partial charge on any atom is 0.258 e. The number of nitrogens with one attached hydrogen (secondary N) is 1. The Morgan fingerprint density at radius 3 is 2.54 bits per heavy atom. The Morgan fingerprint density at radius 2 is 1.88 bits per heavy atom. The van der Waals surface area contributed by atoms with Crippen LogP contribution in [0.15, 0.2) is 48.5 Å². The minimum Gasteiger partial charge on any atom is -0.483 e. The fraction of sp³-hybridized carbons (Fsp3) is 0.350. The molecule has 1 N–H and O–H groups in total. The zero-order valence-corrected chi connectivity index (χ0v) is 14.6. The van der Waals surface area contributed by atoms with Crippen LogP contribution in [-0.2, 0) is 10.2 Å². The van der Waals surface area contributed by atoms with Crippen molar-refractivity contribution in [3.63, 3.8) is 0 Å². The van der Waals surface area contributed by atoms with Crippen LogP contribution in [0.4, 0.5) is 4.39 Å². The first-order valence-electron chi connectivity index (χ1n) is 8.04. The second kappa shape index (κ2) is 7.47. The summed E-state index contributed by atoms with van der Waals surface area (Å²) in [7, 11) is 0. The molecule has 0 radical (unpaired) electrons. The second-order valence-corrected chi connectivity index (χ2v) is 6.88. The molecule has 2 rings (SSSR count). The normalized spacial score (nSPS) is 12.5. The van der Waals surface area contributed by atoms with Crippen LogP contribution in [0.5, 0.6) is 5.75 Å². The van der Waals surface area contributed by atoms with Crippen molar-refractivity contribution < 1.29 is 13.9 Å². The van der Waals surface area contributed by atoms with Crippen LogP contribution in [-0.4, -0.2) is 12.5 Å². The largest absolute Gasteiger partial charge is 0.483 e. The highest BCUT2D eigenvalue weighted by atomic mass is 19.1. The molecular formula is C20H24FNO2. The summed E-state index contributed by atoms with van der Waals surface area (Å²) in [5.74, 6) is 0.151. The fourth-order valence-corrected chi connectivity index (χ4v) is 2.50. The average Bonchev–Trinajstić information content (AvgIpc) is 2.52. The van der Waals surface area contributed by atoms with Gasteiger partial charge in [-0.05, 0) is 41.7 Å². The molecule has 0 spiro atoms. The van der Waals surface area contributed by atoms with Gasteiger partial charge >= 0.3 is 0 Å². The summed E-state index contributed by atoms with van der Waals surface area (Å²) in [6.07, 6.45) is 0. The topological polar surface area (TPSA) is 38.3 Å². The maximum atomic E-state index is 13.3. The van der Waals surface area contributed by atoms with Gasteiger partial charge in [-0.25, -0.2) is 4.39 Å². The van der Waals surface area contributed by atoms with Crippen LogP contribution >= 0.6 is 0 Å². The van der Waals surface area contributed by atoms with Crippen LogP contribution in [0.25, 0.3) is 0 Å². The van der Waals surface area contributed by atoms with Crippen molar-refractivity contribution in [3.05, 3.63) is 65.5 Å². The SMILES string of the molecule is CC(NC(=O)COc1ccccc1C(C)(C)C)c1cccc(F)c1. The van der Waals surface area contributed by atoms with Gasteiger partial charge in [0, 0.05) is 0 Å². The Bertz CT molecular complexity index is 707. The zero-order valence-electron chi connectivity index (χ0n) is 14.6. The summed E-state index contributed by atoms with van der Waals surface area (Å²) < 4.78 is 19.0. The summed E-state index contributed by atoms with van der Waals surface area (Å²) in [6, 6.07) is 13.6. The van der Waals surface area contributed by atoms with Gasteiger partial charge in [0.15, 0.2) is 6.61 Å². The van der Waals surface area contributed by atoms with E-state index in [0.29, 0.717) is 5.75 Å². The monoisotopic (exact) mass is 329 g/mol. The predicted octanol–water partition coefficient (Wildman–Crippen LogP) is 4.38. The standard InChI is InChI=1S/C20H24FNO2/c1-14(15-8-7-9-16(21)12-15)22-19(23)13-24-18-11-6-5-10-17(18)20(2,3)4/h5-12,14H,13H2,1-4H3,(H,22,23). The first-order valence-corrected chi connectivity index (χ1v) is 8.04. The Morgan fingerprint density at radius 1 is 1.17 bits per heavy atom. The number of rotatable bonds is 5. The van der Waals surface area contributed by atoms with Gasteiger partial charge in [0.25, 0.3) is 5.91 Å². The van der Waals surface area contributed by atoms with Crippen molar-refractivity contribution in [2.24, 2.45) is 0 Å². The Hall–Kier alpha value is -2.36. The summed E-state index contributed by atoms with van der Waals surface area (Å²) >= 11 is 0. The number of halogens is 1. The first-order chi connectivity index (χ1) is 11.3. The molecule has 0 aromatic heterocycles. The lowest BCUT2D eigenvalue weighted by atomic mass is 9.86. The lowest BCUT2D eigenvalue weighted by molar-refractivity contribution is -0.123. The van der Waals surface area contributed by atoms with E-state index in [-0.39, 0.29) is 29.8 Å². The third-order valence-corrected chi connectivity index (χ3v) is 3.78. The third-order valence-electron chi connectivity index (χ3n) is 3.78. The van der Waals surface area contributed by atoms with E-state index in [2.05, 4.69) is 26.1 Å². The molecule has 0 aliphatic rings. The molecule has 0 saturated heterocycles. The summed E-state index contributed by atoms with van der Waals surface area (Å²) in [5.41, 5.74) is 1.71. The highest BCUT2D eigenvalue weighted by Crippen LogP contribution is 2.30. The molecule has 0 fully saturated rings. The van der Waals surface area contributed by atoms with Gasteiger partial charge in [-0.3, -0.25) is 4.79 Å². The molecule has 0 aliphatic heterocycles. The predicted molar refractivity (Wildman–Crippen MR) is 93.6 cm³/mol. The fourth-order valence-electron chi connectivity index (χ4n) is 2.50. The van der Waals surface area contributed by atoms with Gasteiger partial charge in [0.05, 0.1) is 6.04 Å². The number of amides is 1. The van der Waals surface area contributed by atoms with E-state index in [9.17, 15) is 9.18 Å². The molecule has 0 bridgehead atoms. The number of para-hydroxylation sites is 1. The number of hydrogen-bond acceptors (Lipinski definition) is 2. The Labute approximate surface area is 142 Å². The van der Waals surface area contributed by atoms with Crippen LogP contribution in [0.1, 0.15) is 44.9 Å². The highest BCUT2D eigenvalue weighted by molar-refractivity contribution is 5.78. The van der Waals surface area contributed by atoms with Gasteiger partial charge in [0.2, 0.25) is 0 Å². The molecule has 24 heavy (non-hydrogen) atoms. The third kappa shape index (κ3) is 4.82. The van der Waals surface area contributed by atoms with E-state index in [1.807, 2.05) is 31.2 Å². The molecule has 2 aromatic carbocycles. The lowest BCUT2D eigenvalue weighted by Gasteiger charge is -2.22. The van der Waals surface area contributed by atoms with E-state index in [1.165, 1.54) is 12.1 Å². The second-order valence-electron chi connectivity index (χ2n) is 6.88. The molecule has 1 unspecified atom stereocenters. The van der Waals surface area contributed by atoms with Crippen LogP contribution in [0.2, 0.25) is 0 Å². The van der Waals surface area contributed by atoms with Crippen molar-refractivity contribution in [1.82, 2.24) is 5.32 Å². The van der Waals surface area contributed by atoms with Gasteiger partial charge in [0.1, 0.15) is 11.6 Å². The van der Waals surface area contributed by atoms with Crippen molar-refractivity contribution in [2.45, 2.75) is 39.2 Å². The number of carbonyl (C=O) groups is 1. The van der Waals surface area contributed by atoms with Crippen LogP contribution in [0.3, 0.4) is 0 Å². The van der Waals surface area contributed by atoms with Crippen molar-refractivity contribution in [1.29, 1.82) is 0 Å². The van der Waals surface area contributed by atoms with Gasteiger partial charge < -0.3 is 10.1 Å². The molecular weight excluding hydrogens is 305 g/mol. The minimum atomic E-state index is -0.316. The first kappa shape index (κ1) is 18.0. The number of hydrogen-bond donors (Lipinski definition) is 1. The summed E-state index contributed by atoms with van der Waals surface area (Å²) in [4.78, 5) is 12.1. The molecule has 0 heterocycles. The lowest BCUT2D eigenvalue weighted by Crippen LogP contribution is -2.31. The Balaban J connectivity index is 1.97. The van der Waals surface area contributed by atoms with E-state index >= 15 is 0 Å². The van der Waals surface area contributed by atoms with Gasteiger partial charge in [-0.1, -0.05) is 51.1 Å². The van der Waals surface area contributed by atoms with Crippen LogP contribution in [0, 0.1) is 5.82 Å². The van der Waals surface area contributed by atoms with E-state index in [1.54, 1.807) is 12.1 Å². The Kier molecular flexibility index (Phi) is 5.60. The maximum absolute atomic E-state index is 13.3. The van der Waals surface area contributed by atoms with E-state index < -0.39 is 0 Å². The molecule has 128 valence electrons. The molecule has 0 saturated carbocycles. The van der Waals surface area contributed by atoms with Crippen molar-refractivity contribution in [2.75, 3.05) is 6.61 Å². The van der Waals surface area contributed by atoms with Gasteiger partial charge in [-0.15, -0.1) is 0 Å². The number of ether oxygens (including phenoxy) is 1. The summed E-state index contributed by atoms with van der Waals surface area (Å²) in [6.45, 7) is 8.03. The number of carbonyl (C=O) groups excluding carboxylic acids is 1. The molecule has 3 nitrogen and oxygen atoms in total. The minimum absolute atomic E-state index is 0.0675. The zero-order chi connectivity index (χ0) is 17.7. The van der Waals surface area contributed by atoms with E-state index in [0.717, 1.165) is 11.1 Å². The molecule has 0 aliphatic carbocycles. The molecule has 1 amide bonds. The molecule has 4 heteroatoms. The highest BCUT2D eigenvalue weighted by Gasteiger charge is 2.19. The smallest absolute Gasteiger partial charge is 0.258 e. The molecule has 1 atom stereocenters. The summed E-state index contributed by atoms with van der Waals surface area (Å²) in [5, 5.41) is 2.82. The molecule has 2 aromatic rings. The quantitative estimate of drug-likeness (QED) is 0.884. The average molecular weight is 329 g/mol. The van der Waals surface area contributed by atoms with Crippen LogP contribution < -0.4 is 10.1 Å². The number of benzene rings is 2. The van der Waals surface area contributed by atoms with E-state index in [4.69, 9.17) is 4.74 Å². The van der Waals surface area contributed by atoms with Gasteiger partial charge in [-0.2, -0.15) is 0 Å². The van der Waals surface area contributed by atoms with Crippen molar-refractivity contribution >= 4 is 5.91 Å². The van der Waals surface area contributed by atoms with Crippen molar-refractivity contribution in [3.8, 4) is 5.75 Å².